The normalized spacial score (nSPS) is 11.7. The molecule has 2 aromatic heterocycles. The van der Waals surface area contributed by atoms with Gasteiger partial charge in [0.1, 0.15) is 5.65 Å². The number of aromatic amines is 1. The summed E-state index contributed by atoms with van der Waals surface area (Å²) < 4.78 is 5.27. The van der Waals surface area contributed by atoms with Gasteiger partial charge in [-0.25, -0.2) is 4.98 Å². The maximum absolute atomic E-state index is 6.02. The lowest BCUT2D eigenvalue weighted by Crippen LogP contribution is -2.33. The number of nitrogen functional groups attached to an aromatic ring is 1. The van der Waals surface area contributed by atoms with E-state index in [9.17, 15) is 0 Å². The van der Waals surface area contributed by atoms with Gasteiger partial charge in [-0.1, -0.05) is 12.1 Å². The Labute approximate surface area is 148 Å². The second-order valence-electron chi connectivity index (χ2n) is 6.56. The SMILES string of the molecule is COCCN(Cc1[nH]c2ncccc2c1-c1cccc(N)c1)C(C)C. The number of benzene rings is 1. The van der Waals surface area contributed by atoms with Crippen molar-refractivity contribution < 1.29 is 4.74 Å². The van der Waals surface area contributed by atoms with E-state index in [1.54, 1.807) is 7.11 Å². The Bertz CT molecular complexity index is 841. The lowest BCUT2D eigenvalue weighted by molar-refractivity contribution is 0.124. The second-order valence-corrected chi connectivity index (χ2v) is 6.56. The molecule has 25 heavy (non-hydrogen) atoms. The number of nitrogens with one attached hydrogen (secondary N) is 1. The Morgan fingerprint density at radius 2 is 2.08 bits per heavy atom. The quantitative estimate of drug-likeness (QED) is 0.645. The van der Waals surface area contributed by atoms with E-state index in [0.29, 0.717) is 12.6 Å². The van der Waals surface area contributed by atoms with Gasteiger partial charge in [0.25, 0.3) is 0 Å². The first-order valence-corrected chi connectivity index (χ1v) is 8.64. The number of hydrogen-bond donors (Lipinski definition) is 2. The maximum Gasteiger partial charge on any atom is 0.138 e. The number of nitrogens with zero attached hydrogens (tertiary/aromatic N) is 2. The van der Waals surface area contributed by atoms with Gasteiger partial charge < -0.3 is 15.5 Å². The van der Waals surface area contributed by atoms with Crippen molar-refractivity contribution >= 4 is 16.7 Å². The van der Waals surface area contributed by atoms with E-state index in [0.717, 1.165) is 41.1 Å². The third-order valence-electron chi connectivity index (χ3n) is 4.50. The minimum atomic E-state index is 0.420. The van der Waals surface area contributed by atoms with Crippen LogP contribution in [0.3, 0.4) is 0 Å². The molecule has 2 heterocycles. The molecule has 5 heteroatoms. The van der Waals surface area contributed by atoms with Gasteiger partial charge in [0, 0.05) is 54.8 Å². The minimum Gasteiger partial charge on any atom is -0.399 e. The highest BCUT2D eigenvalue weighted by atomic mass is 16.5. The van der Waals surface area contributed by atoms with E-state index in [2.05, 4.69) is 40.8 Å². The van der Waals surface area contributed by atoms with Gasteiger partial charge in [0.05, 0.1) is 6.61 Å². The fourth-order valence-corrected chi connectivity index (χ4v) is 3.15. The zero-order valence-corrected chi connectivity index (χ0v) is 15.1. The van der Waals surface area contributed by atoms with Crippen LogP contribution in [-0.2, 0) is 11.3 Å². The van der Waals surface area contributed by atoms with E-state index >= 15 is 0 Å². The van der Waals surface area contributed by atoms with Gasteiger partial charge >= 0.3 is 0 Å². The number of pyridine rings is 1. The lowest BCUT2D eigenvalue weighted by Gasteiger charge is -2.26. The predicted molar refractivity (Wildman–Crippen MR) is 103 cm³/mol. The molecule has 0 aliphatic heterocycles. The van der Waals surface area contributed by atoms with Crippen LogP contribution in [0.5, 0.6) is 0 Å². The molecule has 0 fully saturated rings. The molecule has 0 atom stereocenters. The first-order chi connectivity index (χ1) is 12.1. The zero-order chi connectivity index (χ0) is 17.8. The number of hydrogen-bond acceptors (Lipinski definition) is 4. The molecule has 3 N–H and O–H groups in total. The highest BCUT2D eigenvalue weighted by Crippen LogP contribution is 2.33. The van der Waals surface area contributed by atoms with Crippen LogP contribution >= 0.6 is 0 Å². The molecule has 132 valence electrons. The highest BCUT2D eigenvalue weighted by molar-refractivity contribution is 5.96. The van der Waals surface area contributed by atoms with Gasteiger partial charge in [-0.05, 0) is 43.7 Å². The number of H-pyrrole nitrogens is 1. The van der Waals surface area contributed by atoms with Crippen molar-refractivity contribution in [2.24, 2.45) is 0 Å². The van der Waals surface area contributed by atoms with Crippen molar-refractivity contribution in [3.63, 3.8) is 0 Å². The third-order valence-corrected chi connectivity index (χ3v) is 4.50. The van der Waals surface area contributed by atoms with Gasteiger partial charge in [-0.15, -0.1) is 0 Å². The van der Waals surface area contributed by atoms with Crippen molar-refractivity contribution in [1.82, 2.24) is 14.9 Å². The standard InChI is InChI=1S/C20H26N4O/c1-14(2)24(10-11-25-3)13-18-19(15-6-4-7-16(21)12-15)17-8-5-9-22-20(17)23-18/h4-9,12,14H,10-11,13,21H2,1-3H3,(H,22,23). The van der Waals surface area contributed by atoms with Crippen LogP contribution in [-0.4, -0.2) is 41.2 Å². The van der Waals surface area contributed by atoms with E-state index < -0.39 is 0 Å². The van der Waals surface area contributed by atoms with Gasteiger partial charge in [0.15, 0.2) is 0 Å². The molecule has 0 bridgehead atoms. The Balaban J connectivity index is 2.06. The summed E-state index contributed by atoms with van der Waals surface area (Å²) in [5, 5.41) is 1.12. The molecule has 0 spiro atoms. The average molecular weight is 338 g/mol. The molecule has 0 unspecified atom stereocenters. The van der Waals surface area contributed by atoms with Crippen LogP contribution in [0, 0.1) is 0 Å². The average Bonchev–Trinajstić information content (AvgIpc) is 2.96. The predicted octanol–water partition coefficient (Wildman–Crippen LogP) is 3.67. The van der Waals surface area contributed by atoms with Gasteiger partial charge in [-0.2, -0.15) is 0 Å². The van der Waals surface area contributed by atoms with Gasteiger partial charge in [0.2, 0.25) is 0 Å². The van der Waals surface area contributed by atoms with E-state index in [-0.39, 0.29) is 0 Å². The smallest absolute Gasteiger partial charge is 0.138 e. The number of methoxy groups -OCH3 is 1. The van der Waals surface area contributed by atoms with Crippen molar-refractivity contribution in [3.8, 4) is 11.1 Å². The van der Waals surface area contributed by atoms with Crippen molar-refractivity contribution in [2.45, 2.75) is 26.4 Å². The van der Waals surface area contributed by atoms with E-state index in [1.807, 2.05) is 30.5 Å². The summed E-state index contributed by atoms with van der Waals surface area (Å²) in [5.74, 6) is 0. The van der Waals surface area contributed by atoms with Crippen molar-refractivity contribution in [1.29, 1.82) is 0 Å². The minimum absolute atomic E-state index is 0.420. The second kappa shape index (κ2) is 7.68. The summed E-state index contributed by atoms with van der Waals surface area (Å²) in [5.41, 5.74) is 11.1. The first kappa shape index (κ1) is 17.5. The largest absolute Gasteiger partial charge is 0.399 e. The molecule has 1 aromatic carbocycles. The third kappa shape index (κ3) is 3.83. The van der Waals surface area contributed by atoms with Gasteiger partial charge in [-0.3, -0.25) is 4.90 Å². The topological polar surface area (TPSA) is 67.2 Å². The number of aromatic nitrogens is 2. The fourth-order valence-electron chi connectivity index (χ4n) is 3.15. The van der Waals surface area contributed by atoms with Crippen LogP contribution in [0.25, 0.3) is 22.2 Å². The Morgan fingerprint density at radius 1 is 1.24 bits per heavy atom. The molecular weight excluding hydrogens is 312 g/mol. The maximum atomic E-state index is 6.02. The Kier molecular flexibility index (Phi) is 5.36. The highest BCUT2D eigenvalue weighted by Gasteiger charge is 2.18. The molecule has 0 saturated carbocycles. The first-order valence-electron chi connectivity index (χ1n) is 8.64. The molecule has 0 aliphatic rings. The van der Waals surface area contributed by atoms with Crippen LogP contribution < -0.4 is 5.73 Å². The summed E-state index contributed by atoms with van der Waals surface area (Å²) in [6, 6.07) is 12.5. The summed E-state index contributed by atoms with van der Waals surface area (Å²) in [6.07, 6.45) is 1.82. The molecule has 0 saturated heterocycles. The fraction of sp³-hybridized carbons (Fsp3) is 0.350. The van der Waals surface area contributed by atoms with Crippen LogP contribution in [0.1, 0.15) is 19.5 Å². The number of anilines is 1. The molecule has 0 amide bonds. The van der Waals surface area contributed by atoms with Crippen LogP contribution in [0.2, 0.25) is 0 Å². The lowest BCUT2D eigenvalue weighted by atomic mass is 10.0. The molecular formula is C20H26N4O. The van der Waals surface area contributed by atoms with Crippen LogP contribution in [0.15, 0.2) is 42.6 Å². The van der Waals surface area contributed by atoms with Crippen molar-refractivity contribution in [2.75, 3.05) is 26.0 Å². The summed E-state index contributed by atoms with van der Waals surface area (Å²) in [7, 11) is 1.74. The van der Waals surface area contributed by atoms with Crippen LogP contribution in [0.4, 0.5) is 5.69 Å². The number of fused-ring (bicyclic) bond motifs is 1. The monoisotopic (exact) mass is 338 g/mol. The molecule has 5 nitrogen and oxygen atoms in total. The molecule has 3 aromatic rings. The number of ether oxygens (including phenoxy) is 1. The molecule has 3 rings (SSSR count). The van der Waals surface area contributed by atoms with E-state index in [1.165, 1.54) is 5.56 Å². The molecule has 0 radical (unpaired) electrons. The Morgan fingerprint density at radius 3 is 2.80 bits per heavy atom. The van der Waals surface area contributed by atoms with Crippen molar-refractivity contribution in [3.05, 3.63) is 48.3 Å². The summed E-state index contributed by atoms with van der Waals surface area (Å²) in [4.78, 5) is 10.4. The Hall–Kier alpha value is -2.37. The number of rotatable bonds is 7. The zero-order valence-electron chi connectivity index (χ0n) is 15.1. The summed E-state index contributed by atoms with van der Waals surface area (Å²) in [6.45, 7) is 6.81. The van der Waals surface area contributed by atoms with E-state index in [4.69, 9.17) is 10.5 Å². The summed E-state index contributed by atoms with van der Waals surface area (Å²) >= 11 is 0. The molecule has 0 aliphatic carbocycles. The number of nitrogens with two attached hydrogens (primary N) is 1.